The fourth-order valence-corrected chi connectivity index (χ4v) is 3.35. The Labute approximate surface area is 139 Å². The van der Waals surface area contributed by atoms with Crippen LogP contribution >= 0.6 is 0 Å². The number of hydrogen-bond donors (Lipinski definition) is 2. The summed E-state index contributed by atoms with van der Waals surface area (Å²) in [7, 11) is -1.79. The van der Waals surface area contributed by atoms with Crippen molar-refractivity contribution in [1.82, 2.24) is 9.62 Å². The van der Waals surface area contributed by atoms with Gasteiger partial charge in [-0.2, -0.15) is 0 Å². The van der Waals surface area contributed by atoms with Gasteiger partial charge in [0.15, 0.2) is 0 Å². The molecule has 2 amide bonds. The molecule has 23 heavy (non-hydrogen) atoms. The average molecular weight is 341 g/mol. The summed E-state index contributed by atoms with van der Waals surface area (Å²) in [4.78, 5) is 13.9. The quantitative estimate of drug-likeness (QED) is 0.864. The van der Waals surface area contributed by atoms with E-state index in [-0.39, 0.29) is 22.4 Å². The van der Waals surface area contributed by atoms with Gasteiger partial charge in [-0.25, -0.2) is 17.9 Å². The molecular weight excluding hydrogens is 314 g/mol. The molecule has 0 aromatic heterocycles. The third-order valence-corrected chi connectivity index (χ3v) is 4.54. The topological polar surface area (TPSA) is 78.5 Å². The van der Waals surface area contributed by atoms with E-state index < -0.39 is 10.0 Å². The van der Waals surface area contributed by atoms with Crippen molar-refractivity contribution in [1.29, 1.82) is 0 Å². The molecule has 0 aliphatic heterocycles. The fraction of sp³-hybridized carbons (Fsp3) is 0.562. The zero-order valence-corrected chi connectivity index (χ0v) is 15.5. The summed E-state index contributed by atoms with van der Waals surface area (Å²) in [6, 6.07) is 5.71. The molecule has 130 valence electrons. The number of sulfonamides is 1. The Bertz CT molecular complexity index is 632. The van der Waals surface area contributed by atoms with E-state index in [0.29, 0.717) is 12.2 Å². The van der Waals surface area contributed by atoms with E-state index in [9.17, 15) is 13.2 Å². The monoisotopic (exact) mass is 341 g/mol. The summed E-state index contributed by atoms with van der Waals surface area (Å²) in [5.41, 5.74) is 0.561. The standard InChI is InChI=1S/C16H27N3O3S/c1-12(2)18-23(21,22)14-9-7-13(8-10-14)17-15(20)19(6)11-16(3,4)5/h7-10,12,18H,11H2,1-6H3,(H,17,20). The largest absolute Gasteiger partial charge is 0.327 e. The summed E-state index contributed by atoms with van der Waals surface area (Å²) < 4.78 is 26.6. The molecule has 6 nitrogen and oxygen atoms in total. The average Bonchev–Trinajstić information content (AvgIpc) is 2.35. The molecule has 2 N–H and O–H groups in total. The zero-order chi connectivity index (χ0) is 17.8. The van der Waals surface area contributed by atoms with Crippen LogP contribution in [-0.4, -0.2) is 39.0 Å². The van der Waals surface area contributed by atoms with Crippen LogP contribution in [0.25, 0.3) is 0 Å². The minimum atomic E-state index is -3.52. The number of hydrogen-bond acceptors (Lipinski definition) is 3. The van der Waals surface area contributed by atoms with Gasteiger partial charge in [0, 0.05) is 25.3 Å². The van der Waals surface area contributed by atoms with Crippen LogP contribution in [0.2, 0.25) is 0 Å². The summed E-state index contributed by atoms with van der Waals surface area (Å²) >= 11 is 0. The van der Waals surface area contributed by atoms with E-state index in [4.69, 9.17) is 0 Å². The molecule has 1 rings (SSSR count). The molecule has 0 saturated carbocycles. The Kier molecular flexibility index (Phi) is 6.18. The predicted molar refractivity (Wildman–Crippen MR) is 93.0 cm³/mol. The Balaban J connectivity index is 2.76. The second-order valence-corrected chi connectivity index (χ2v) is 8.86. The van der Waals surface area contributed by atoms with Crippen molar-refractivity contribution in [2.45, 2.75) is 45.6 Å². The molecule has 0 saturated heterocycles. The molecule has 1 aromatic carbocycles. The van der Waals surface area contributed by atoms with Crippen molar-refractivity contribution in [3.05, 3.63) is 24.3 Å². The number of anilines is 1. The van der Waals surface area contributed by atoms with Crippen molar-refractivity contribution in [3.8, 4) is 0 Å². The van der Waals surface area contributed by atoms with E-state index in [2.05, 4.69) is 30.8 Å². The van der Waals surface area contributed by atoms with Crippen LogP contribution in [0.5, 0.6) is 0 Å². The van der Waals surface area contributed by atoms with Gasteiger partial charge in [0.1, 0.15) is 0 Å². The normalized spacial score (nSPS) is 12.3. The molecule has 0 aliphatic carbocycles. The smallest absolute Gasteiger partial charge is 0.321 e. The molecule has 0 spiro atoms. The molecule has 0 fully saturated rings. The number of amides is 2. The van der Waals surface area contributed by atoms with Gasteiger partial charge >= 0.3 is 6.03 Å². The first kappa shape index (κ1) is 19.4. The maximum absolute atomic E-state index is 12.1. The first-order valence-corrected chi connectivity index (χ1v) is 9.03. The molecule has 0 heterocycles. The van der Waals surface area contributed by atoms with Gasteiger partial charge in [0.2, 0.25) is 10.0 Å². The van der Waals surface area contributed by atoms with Crippen molar-refractivity contribution in [3.63, 3.8) is 0 Å². The number of carbonyl (C=O) groups excluding carboxylic acids is 1. The number of urea groups is 1. The van der Waals surface area contributed by atoms with E-state index in [1.807, 2.05) is 0 Å². The first-order valence-electron chi connectivity index (χ1n) is 7.55. The van der Waals surface area contributed by atoms with Gasteiger partial charge in [0.25, 0.3) is 0 Å². The molecular formula is C16H27N3O3S. The highest BCUT2D eigenvalue weighted by molar-refractivity contribution is 7.89. The van der Waals surface area contributed by atoms with Gasteiger partial charge in [-0.3, -0.25) is 0 Å². The summed E-state index contributed by atoms with van der Waals surface area (Å²) in [5, 5.41) is 2.76. The highest BCUT2D eigenvalue weighted by Gasteiger charge is 2.18. The molecule has 0 atom stereocenters. The number of nitrogens with zero attached hydrogens (tertiary/aromatic N) is 1. The molecule has 0 unspecified atom stereocenters. The van der Waals surface area contributed by atoms with Crippen molar-refractivity contribution in [2.24, 2.45) is 5.41 Å². The first-order chi connectivity index (χ1) is 10.4. The molecule has 1 aromatic rings. The minimum Gasteiger partial charge on any atom is -0.327 e. The van der Waals surface area contributed by atoms with Crippen LogP contribution in [0, 0.1) is 5.41 Å². The molecule has 0 radical (unpaired) electrons. The lowest BCUT2D eigenvalue weighted by Gasteiger charge is -2.26. The minimum absolute atomic E-state index is 0.00649. The highest BCUT2D eigenvalue weighted by atomic mass is 32.2. The lowest BCUT2D eigenvalue weighted by Crippen LogP contribution is -2.37. The molecule has 7 heteroatoms. The van der Waals surface area contributed by atoms with Gasteiger partial charge in [-0.1, -0.05) is 20.8 Å². The lowest BCUT2D eigenvalue weighted by atomic mass is 9.96. The van der Waals surface area contributed by atoms with E-state index in [1.165, 1.54) is 12.1 Å². The predicted octanol–water partition coefficient (Wildman–Crippen LogP) is 2.88. The van der Waals surface area contributed by atoms with E-state index in [1.54, 1.807) is 37.9 Å². The van der Waals surface area contributed by atoms with Crippen LogP contribution < -0.4 is 10.0 Å². The van der Waals surface area contributed by atoms with Gasteiger partial charge in [0.05, 0.1) is 4.90 Å². The number of rotatable bonds is 5. The molecule has 0 bridgehead atoms. The van der Waals surface area contributed by atoms with Gasteiger partial charge in [-0.05, 0) is 43.5 Å². The second-order valence-electron chi connectivity index (χ2n) is 7.15. The van der Waals surface area contributed by atoms with Crippen molar-refractivity contribution < 1.29 is 13.2 Å². The Morgan fingerprint density at radius 3 is 2.13 bits per heavy atom. The molecule has 0 aliphatic rings. The Morgan fingerprint density at radius 2 is 1.70 bits per heavy atom. The van der Waals surface area contributed by atoms with Crippen LogP contribution in [0.1, 0.15) is 34.6 Å². The highest BCUT2D eigenvalue weighted by Crippen LogP contribution is 2.17. The summed E-state index contributed by atoms with van der Waals surface area (Å²) in [6.45, 7) is 10.3. The maximum Gasteiger partial charge on any atom is 0.321 e. The van der Waals surface area contributed by atoms with Crippen LogP contribution in [-0.2, 0) is 10.0 Å². The van der Waals surface area contributed by atoms with Gasteiger partial charge < -0.3 is 10.2 Å². The Morgan fingerprint density at radius 1 is 1.17 bits per heavy atom. The van der Waals surface area contributed by atoms with E-state index >= 15 is 0 Å². The second kappa shape index (κ2) is 7.31. The van der Waals surface area contributed by atoms with E-state index in [0.717, 1.165) is 0 Å². The zero-order valence-electron chi connectivity index (χ0n) is 14.7. The van der Waals surface area contributed by atoms with Crippen molar-refractivity contribution >= 4 is 21.7 Å². The number of carbonyl (C=O) groups is 1. The Hall–Kier alpha value is -1.60. The summed E-state index contributed by atoms with van der Waals surface area (Å²) in [6.07, 6.45) is 0. The van der Waals surface area contributed by atoms with Crippen LogP contribution in [0.15, 0.2) is 29.2 Å². The maximum atomic E-state index is 12.1. The summed E-state index contributed by atoms with van der Waals surface area (Å²) in [5.74, 6) is 0. The van der Waals surface area contributed by atoms with Crippen LogP contribution in [0.3, 0.4) is 0 Å². The lowest BCUT2D eigenvalue weighted by molar-refractivity contribution is 0.201. The van der Waals surface area contributed by atoms with Crippen molar-refractivity contribution in [2.75, 3.05) is 18.9 Å². The number of benzene rings is 1. The third-order valence-electron chi connectivity index (χ3n) is 2.86. The van der Waals surface area contributed by atoms with Crippen LogP contribution in [0.4, 0.5) is 10.5 Å². The fourth-order valence-electron chi connectivity index (χ4n) is 2.10. The SMILES string of the molecule is CC(C)NS(=O)(=O)c1ccc(NC(=O)N(C)CC(C)(C)C)cc1. The van der Waals surface area contributed by atoms with Gasteiger partial charge in [-0.15, -0.1) is 0 Å². The third kappa shape index (κ3) is 6.58. The number of nitrogens with one attached hydrogen (secondary N) is 2.